The van der Waals surface area contributed by atoms with Gasteiger partial charge in [0.1, 0.15) is 18.2 Å². The van der Waals surface area contributed by atoms with Crippen molar-refractivity contribution in [3.8, 4) is 5.75 Å². The Labute approximate surface area is 142 Å². The minimum atomic E-state index is -0.272. The van der Waals surface area contributed by atoms with Gasteiger partial charge in [-0.2, -0.15) is 0 Å². The molecule has 0 amide bonds. The Kier molecular flexibility index (Phi) is 5.64. The molecular weight excluding hydrogens is 455 g/mol. The average molecular weight is 467 g/mol. The zero-order chi connectivity index (χ0) is 14.7. The summed E-state index contributed by atoms with van der Waals surface area (Å²) in [6, 6.07) is 8.78. The zero-order valence-corrected chi connectivity index (χ0v) is 15.5. The van der Waals surface area contributed by atoms with Crippen LogP contribution < -0.4 is 4.74 Å². The summed E-state index contributed by atoms with van der Waals surface area (Å²) >= 11 is 10.2. The lowest BCUT2D eigenvalue weighted by Gasteiger charge is -2.14. The van der Waals surface area contributed by atoms with E-state index in [2.05, 4.69) is 47.8 Å². The summed E-state index contributed by atoms with van der Waals surface area (Å²) in [6.45, 7) is 2.33. The Morgan fingerprint density at radius 3 is 2.40 bits per heavy atom. The lowest BCUT2D eigenvalue weighted by atomic mass is 10.1. The molecule has 0 aliphatic carbocycles. The van der Waals surface area contributed by atoms with Crippen molar-refractivity contribution in [2.75, 3.05) is 0 Å². The van der Waals surface area contributed by atoms with Crippen LogP contribution in [-0.4, -0.2) is 0 Å². The Morgan fingerprint density at radius 2 is 1.75 bits per heavy atom. The van der Waals surface area contributed by atoms with Gasteiger partial charge in [0.25, 0.3) is 0 Å². The summed E-state index contributed by atoms with van der Waals surface area (Å²) < 4.78 is 20.9. The van der Waals surface area contributed by atoms with Gasteiger partial charge in [-0.1, -0.05) is 47.8 Å². The van der Waals surface area contributed by atoms with Crippen molar-refractivity contribution < 1.29 is 9.13 Å². The van der Waals surface area contributed by atoms with Crippen molar-refractivity contribution >= 4 is 47.8 Å². The molecule has 0 unspecified atom stereocenters. The van der Waals surface area contributed by atoms with E-state index in [9.17, 15) is 4.39 Å². The van der Waals surface area contributed by atoms with E-state index in [1.165, 1.54) is 12.1 Å². The fourth-order valence-electron chi connectivity index (χ4n) is 1.95. The lowest BCUT2D eigenvalue weighted by Crippen LogP contribution is -2.00. The molecule has 0 radical (unpaired) electrons. The summed E-state index contributed by atoms with van der Waals surface area (Å²) in [7, 11) is 0. The zero-order valence-electron chi connectivity index (χ0n) is 10.7. The molecule has 5 heteroatoms. The molecule has 0 heterocycles. The Morgan fingerprint density at radius 1 is 1.05 bits per heavy atom. The normalized spacial score (nSPS) is 10.7. The summed E-state index contributed by atoms with van der Waals surface area (Å²) in [5, 5.41) is 0.704. The van der Waals surface area contributed by atoms with Crippen molar-refractivity contribution in [1.29, 1.82) is 0 Å². The highest BCUT2D eigenvalue weighted by atomic mass is 79.9. The van der Waals surface area contributed by atoms with E-state index in [1.807, 2.05) is 25.1 Å². The predicted octanol–water partition coefficient (Wildman–Crippen LogP) is 6.13. The summed E-state index contributed by atoms with van der Waals surface area (Å²) in [6.07, 6.45) is 0. The van der Waals surface area contributed by atoms with Gasteiger partial charge in [0.15, 0.2) is 0 Å². The maximum absolute atomic E-state index is 13.3. The van der Waals surface area contributed by atoms with Crippen LogP contribution in [0.15, 0.2) is 39.3 Å². The van der Waals surface area contributed by atoms with Gasteiger partial charge in [0, 0.05) is 19.8 Å². The van der Waals surface area contributed by atoms with Crippen LogP contribution in [0.4, 0.5) is 4.39 Å². The van der Waals surface area contributed by atoms with Crippen LogP contribution in [0, 0.1) is 12.7 Å². The third-order valence-electron chi connectivity index (χ3n) is 2.77. The number of benzene rings is 2. The molecule has 0 saturated carbocycles. The van der Waals surface area contributed by atoms with Crippen LogP contribution >= 0.6 is 47.8 Å². The average Bonchev–Trinajstić information content (AvgIpc) is 2.35. The number of ether oxygens (including phenoxy) is 1. The molecule has 2 aromatic rings. The van der Waals surface area contributed by atoms with Crippen LogP contribution in [-0.2, 0) is 11.9 Å². The molecule has 0 saturated heterocycles. The van der Waals surface area contributed by atoms with Crippen LogP contribution in [0.5, 0.6) is 5.75 Å². The van der Waals surface area contributed by atoms with E-state index in [0.717, 1.165) is 26.9 Å². The van der Waals surface area contributed by atoms with Crippen LogP contribution in [0.25, 0.3) is 0 Å². The minimum absolute atomic E-state index is 0.272. The quantitative estimate of drug-likeness (QED) is 0.492. The molecule has 0 fully saturated rings. The first kappa shape index (κ1) is 16.0. The maximum Gasteiger partial charge on any atom is 0.126 e. The molecule has 0 spiro atoms. The topological polar surface area (TPSA) is 9.23 Å². The number of hydrogen-bond donors (Lipinski definition) is 0. The summed E-state index contributed by atoms with van der Waals surface area (Å²) in [4.78, 5) is 0. The Hall–Kier alpha value is -0.390. The number of hydrogen-bond acceptors (Lipinski definition) is 1. The maximum atomic E-state index is 13.3. The van der Waals surface area contributed by atoms with Gasteiger partial charge in [-0.25, -0.2) is 4.39 Å². The number of halogens is 4. The smallest absolute Gasteiger partial charge is 0.126 e. The molecular formula is C15H12Br3FO. The highest BCUT2D eigenvalue weighted by Gasteiger charge is 2.09. The van der Waals surface area contributed by atoms with Gasteiger partial charge in [0.05, 0.1) is 0 Å². The molecule has 0 aliphatic heterocycles. The second-order valence-electron chi connectivity index (χ2n) is 4.41. The molecule has 1 nitrogen and oxygen atoms in total. The van der Waals surface area contributed by atoms with Crippen molar-refractivity contribution in [2.24, 2.45) is 0 Å². The minimum Gasteiger partial charge on any atom is -0.488 e. The molecule has 0 N–H and O–H groups in total. The molecule has 0 aliphatic rings. The molecule has 2 rings (SSSR count). The largest absolute Gasteiger partial charge is 0.488 e. The second-order valence-corrected chi connectivity index (χ2v) is 6.80. The third kappa shape index (κ3) is 4.06. The van der Waals surface area contributed by atoms with Gasteiger partial charge in [-0.05, 0) is 48.4 Å². The second kappa shape index (κ2) is 7.05. The monoisotopic (exact) mass is 464 g/mol. The van der Waals surface area contributed by atoms with E-state index < -0.39 is 0 Å². The van der Waals surface area contributed by atoms with Crippen LogP contribution in [0.2, 0.25) is 0 Å². The first-order valence-corrected chi connectivity index (χ1v) is 8.63. The van der Waals surface area contributed by atoms with Gasteiger partial charge < -0.3 is 4.74 Å². The number of alkyl halides is 1. The van der Waals surface area contributed by atoms with E-state index in [-0.39, 0.29) is 5.82 Å². The lowest BCUT2D eigenvalue weighted by molar-refractivity contribution is 0.301. The van der Waals surface area contributed by atoms with Gasteiger partial charge in [0.2, 0.25) is 0 Å². The highest BCUT2D eigenvalue weighted by molar-refractivity contribution is 9.10. The SMILES string of the molecule is Cc1cc(Br)cc(CBr)c1OCc1cc(F)cc(Br)c1. The van der Waals surface area contributed by atoms with Gasteiger partial charge in [-0.3, -0.25) is 0 Å². The van der Waals surface area contributed by atoms with E-state index in [1.54, 1.807) is 0 Å². The number of rotatable bonds is 4. The summed E-state index contributed by atoms with van der Waals surface area (Å²) in [5.41, 5.74) is 2.90. The van der Waals surface area contributed by atoms with Crippen LogP contribution in [0.3, 0.4) is 0 Å². The molecule has 106 valence electrons. The van der Waals surface area contributed by atoms with Gasteiger partial charge >= 0.3 is 0 Å². The highest BCUT2D eigenvalue weighted by Crippen LogP contribution is 2.30. The number of aryl methyl sites for hydroxylation is 1. The van der Waals surface area contributed by atoms with Gasteiger partial charge in [-0.15, -0.1) is 0 Å². The van der Waals surface area contributed by atoms with Crippen molar-refractivity contribution in [3.63, 3.8) is 0 Å². The predicted molar refractivity (Wildman–Crippen MR) is 89.9 cm³/mol. The third-order valence-corrected chi connectivity index (χ3v) is 4.29. The van der Waals surface area contributed by atoms with E-state index >= 15 is 0 Å². The van der Waals surface area contributed by atoms with Crippen molar-refractivity contribution in [2.45, 2.75) is 18.9 Å². The molecule has 0 aromatic heterocycles. The Bertz CT molecular complexity index is 609. The molecule has 2 aromatic carbocycles. The Balaban J connectivity index is 2.22. The standard InChI is InChI=1S/C15H12Br3FO/c1-9-2-12(17)5-11(7-16)15(9)20-8-10-3-13(18)6-14(19)4-10/h2-6H,7-8H2,1H3. The fraction of sp³-hybridized carbons (Fsp3) is 0.200. The van der Waals surface area contributed by atoms with Crippen molar-refractivity contribution in [3.05, 3.63) is 61.8 Å². The molecule has 20 heavy (non-hydrogen) atoms. The van der Waals surface area contributed by atoms with Crippen LogP contribution in [0.1, 0.15) is 16.7 Å². The van der Waals surface area contributed by atoms with E-state index in [0.29, 0.717) is 16.4 Å². The molecule has 0 atom stereocenters. The first-order chi connectivity index (χ1) is 9.49. The molecule has 0 bridgehead atoms. The van der Waals surface area contributed by atoms with Crippen molar-refractivity contribution in [1.82, 2.24) is 0 Å². The van der Waals surface area contributed by atoms with E-state index in [4.69, 9.17) is 4.74 Å². The fourth-order valence-corrected chi connectivity index (χ4v) is 3.50. The first-order valence-electron chi connectivity index (χ1n) is 5.92. The summed E-state index contributed by atoms with van der Waals surface area (Å²) in [5.74, 6) is 0.566.